The van der Waals surface area contributed by atoms with Crippen LogP contribution in [0.1, 0.15) is 11.6 Å². The highest BCUT2D eigenvalue weighted by molar-refractivity contribution is 7.93. The summed E-state index contributed by atoms with van der Waals surface area (Å²) in [7, 11) is -7.01. The first-order valence-corrected chi connectivity index (χ1v) is 10.9. The van der Waals surface area contributed by atoms with Gasteiger partial charge in [-0.3, -0.25) is 0 Å². The Bertz CT molecular complexity index is 734. The number of hydrogen-bond donors (Lipinski definition) is 1. The van der Waals surface area contributed by atoms with E-state index in [0.717, 1.165) is 11.8 Å². The first kappa shape index (κ1) is 17.7. The molecule has 1 fully saturated rings. The molecule has 1 saturated heterocycles. The second-order valence-electron chi connectivity index (χ2n) is 5.30. The van der Waals surface area contributed by atoms with Crippen LogP contribution in [0.15, 0.2) is 24.3 Å². The molecule has 0 aliphatic carbocycles. The van der Waals surface area contributed by atoms with Gasteiger partial charge in [0, 0.05) is 30.9 Å². The van der Waals surface area contributed by atoms with Gasteiger partial charge in [-0.2, -0.15) is 4.31 Å². The van der Waals surface area contributed by atoms with E-state index in [1.807, 2.05) is 0 Å². The third kappa shape index (κ3) is 4.42. The highest BCUT2D eigenvalue weighted by Crippen LogP contribution is 2.30. The Morgan fingerprint density at radius 1 is 1.23 bits per heavy atom. The van der Waals surface area contributed by atoms with Crippen LogP contribution in [0.3, 0.4) is 0 Å². The molecule has 0 amide bonds. The second-order valence-corrected chi connectivity index (χ2v) is 10.0. The largest absolute Gasteiger partial charge is 0.313 e. The average molecular weight is 367 g/mol. The Morgan fingerprint density at radius 3 is 2.55 bits per heavy atom. The summed E-state index contributed by atoms with van der Waals surface area (Å²) in [6.45, 7) is 1.27. The van der Waals surface area contributed by atoms with E-state index in [1.54, 1.807) is 24.3 Å². The zero-order valence-electron chi connectivity index (χ0n) is 12.2. The zero-order chi connectivity index (χ0) is 16.4. The van der Waals surface area contributed by atoms with Crippen LogP contribution < -0.4 is 5.32 Å². The van der Waals surface area contributed by atoms with Crippen molar-refractivity contribution < 1.29 is 16.8 Å². The van der Waals surface area contributed by atoms with Gasteiger partial charge in [-0.15, -0.1) is 0 Å². The lowest BCUT2D eigenvalue weighted by Gasteiger charge is -2.35. The van der Waals surface area contributed by atoms with E-state index in [4.69, 9.17) is 11.6 Å². The number of piperazine rings is 1. The van der Waals surface area contributed by atoms with Crippen LogP contribution in [-0.2, 0) is 19.9 Å². The lowest BCUT2D eigenvalue weighted by atomic mass is 10.1. The summed E-state index contributed by atoms with van der Waals surface area (Å²) >= 11 is 6.18. The molecule has 1 aromatic carbocycles. The van der Waals surface area contributed by atoms with Gasteiger partial charge in [0.2, 0.25) is 10.0 Å². The predicted molar refractivity (Wildman–Crippen MR) is 87.3 cm³/mol. The van der Waals surface area contributed by atoms with Crippen molar-refractivity contribution in [2.24, 2.45) is 0 Å². The van der Waals surface area contributed by atoms with Gasteiger partial charge in [0.25, 0.3) is 0 Å². The smallest absolute Gasteiger partial charge is 0.215 e. The standard InChI is InChI=1S/C13H19ClN2O4S2/c1-21(17,18)8-9-22(19,20)16-7-6-15-10-13(16)11-4-2-3-5-12(11)14/h2-5,13,15H,6-10H2,1H3. The molecule has 1 aliphatic rings. The summed E-state index contributed by atoms with van der Waals surface area (Å²) < 4.78 is 48.9. The lowest BCUT2D eigenvalue weighted by Crippen LogP contribution is -2.49. The summed E-state index contributed by atoms with van der Waals surface area (Å²) in [6, 6.07) is 6.67. The molecule has 1 N–H and O–H groups in total. The maximum atomic E-state index is 12.5. The van der Waals surface area contributed by atoms with Gasteiger partial charge in [-0.1, -0.05) is 29.8 Å². The maximum Gasteiger partial charge on any atom is 0.215 e. The van der Waals surface area contributed by atoms with Crippen LogP contribution >= 0.6 is 11.6 Å². The Balaban J connectivity index is 2.28. The van der Waals surface area contributed by atoms with Crippen LogP contribution in [0.4, 0.5) is 0 Å². The molecule has 124 valence electrons. The SMILES string of the molecule is CS(=O)(=O)CCS(=O)(=O)N1CCNCC1c1ccccc1Cl. The lowest BCUT2D eigenvalue weighted by molar-refractivity contribution is 0.272. The molecule has 0 bridgehead atoms. The summed E-state index contributed by atoms with van der Waals surface area (Å²) in [6.07, 6.45) is 1.03. The Morgan fingerprint density at radius 2 is 1.91 bits per heavy atom. The van der Waals surface area contributed by atoms with Crippen molar-refractivity contribution in [2.45, 2.75) is 6.04 Å². The summed E-state index contributed by atoms with van der Waals surface area (Å²) in [5.41, 5.74) is 0.722. The topological polar surface area (TPSA) is 83.5 Å². The van der Waals surface area contributed by atoms with Crippen LogP contribution in [0.2, 0.25) is 5.02 Å². The minimum Gasteiger partial charge on any atom is -0.313 e. The Labute approximate surface area is 136 Å². The van der Waals surface area contributed by atoms with Crippen molar-refractivity contribution in [1.29, 1.82) is 0 Å². The zero-order valence-corrected chi connectivity index (χ0v) is 14.6. The molecular weight excluding hydrogens is 348 g/mol. The van der Waals surface area contributed by atoms with Crippen molar-refractivity contribution in [3.8, 4) is 0 Å². The van der Waals surface area contributed by atoms with Crippen LogP contribution in [0.25, 0.3) is 0 Å². The van der Waals surface area contributed by atoms with Gasteiger partial charge in [-0.05, 0) is 11.6 Å². The number of nitrogens with one attached hydrogen (secondary N) is 1. The molecule has 0 radical (unpaired) electrons. The third-order valence-corrected chi connectivity index (χ3v) is 6.95. The first-order chi connectivity index (χ1) is 10.2. The first-order valence-electron chi connectivity index (χ1n) is 6.83. The average Bonchev–Trinajstić information content (AvgIpc) is 2.45. The molecule has 1 aliphatic heterocycles. The molecule has 1 atom stereocenters. The van der Waals surface area contributed by atoms with Crippen molar-refractivity contribution in [2.75, 3.05) is 37.4 Å². The molecular formula is C13H19ClN2O4S2. The van der Waals surface area contributed by atoms with Gasteiger partial charge in [0.05, 0.1) is 17.5 Å². The number of nitrogens with zero attached hydrogens (tertiary/aromatic N) is 1. The summed E-state index contributed by atoms with van der Waals surface area (Å²) in [4.78, 5) is 0. The summed E-state index contributed by atoms with van der Waals surface area (Å²) in [5, 5.41) is 3.65. The van der Waals surface area contributed by atoms with Crippen molar-refractivity contribution in [3.05, 3.63) is 34.9 Å². The summed E-state index contributed by atoms with van der Waals surface area (Å²) in [5.74, 6) is -0.790. The number of rotatable bonds is 5. The van der Waals surface area contributed by atoms with E-state index < -0.39 is 31.7 Å². The van der Waals surface area contributed by atoms with Crippen molar-refractivity contribution in [1.82, 2.24) is 9.62 Å². The fourth-order valence-electron chi connectivity index (χ4n) is 2.40. The number of sulfone groups is 1. The predicted octanol–water partition coefficient (Wildman–Crippen LogP) is 0.661. The number of sulfonamides is 1. The van der Waals surface area contributed by atoms with Gasteiger partial charge < -0.3 is 5.32 Å². The molecule has 1 unspecified atom stereocenters. The molecule has 1 heterocycles. The molecule has 6 nitrogen and oxygen atoms in total. The monoisotopic (exact) mass is 366 g/mol. The quantitative estimate of drug-likeness (QED) is 0.827. The molecule has 1 aromatic rings. The molecule has 9 heteroatoms. The van der Waals surface area contributed by atoms with E-state index >= 15 is 0 Å². The molecule has 2 rings (SSSR count). The number of benzene rings is 1. The number of halogens is 1. The van der Waals surface area contributed by atoms with Crippen LogP contribution in [0, 0.1) is 0 Å². The van der Waals surface area contributed by atoms with Gasteiger partial charge in [-0.25, -0.2) is 16.8 Å². The maximum absolute atomic E-state index is 12.5. The van der Waals surface area contributed by atoms with E-state index in [-0.39, 0.29) is 5.75 Å². The fraction of sp³-hybridized carbons (Fsp3) is 0.538. The van der Waals surface area contributed by atoms with E-state index in [1.165, 1.54) is 4.31 Å². The minimum atomic E-state index is -3.68. The van der Waals surface area contributed by atoms with Gasteiger partial charge in [0.1, 0.15) is 9.84 Å². The second kappa shape index (κ2) is 6.84. The van der Waals surface area contributed by atoms with Crippen LogP contribution in [0.5, 0.6) is 0 Å². The third-order valence-electron chi connectivity index (χ3n) is 3.53. The minimum absolute atomic E-state index is 0.294. The fourth-order valence-corrected chi connectivity index (χ4v) is 5.90. The van der Waals surface area contributed by atoms with Crippen LogP contribution in [-0.4, -0.2) is 58.5 Å². The molecule has 22 heavy (non-hydrogen) atoms. The van der Waals surface area contributed by atoms with E-state index in [0.29, 0.717) is 24.7 Å². The van der Waals surface area contributed by atoms with Crippen molar-refractivity contribution in [3.63, 3.8) is 0 Å². The Kier molecular flexibility index (Phi) is 5.50. The van der Waals surface area contributed by atoms with E-state index in [9.17, 15) is 16.8 Å². The van der Waals surface area contributed by atoms with E-state index in [2.05, 4.69) is 5.32 Å². The molecule has 0 saturated carbocycles. The van der Waals surface area contributed by atoms with Crippen molar-refractivity contribution >= 4 is 31.5 Å². The van der Waals surface area contributed by atoms with Gasteiger partial charge in [0.15, 0.2) is 0 Å². The van der Waals surface area contributed by atoms with Gasteiger partial charge >= 0.3 is 0 Å². The Hall–Kier alpha value is -0.670. The normalized spacial score (nSPS) is 20.9. The highest BCUT2D eigenvalue weighted by atomic mass is 35.5. The molecule has 0 aromatic heterocycles. The molecule has 0 spiro atoms. The highest BCUT2D eigenvalue weighted by Gasteiger charge is 2.34. The number of hydrogen-bond acceptors (Lipinski definition) is 5.